The molecule has 0 amide bonds. The van der Waals surface area contributed by atoms with Gasteiger partial charge in [-0.15, -0.1) is 0 Å². The van der Waals surface area contributed by atoms with Gasteiger partial charge in [0, 0.05) is 50.1 Å². The van der Waals surface area contributed by atoms with Crippen LogP contribution in [0.1, 0.15) is 12.5 Å². The normalized spacial score (nSPS) is 11.7. The number of anilines is 2. The summed E-state index contributed by atoms with van der Waals surface area (Å²) in [6.45, 7) is 2.10. The number of sulfone groups is 1. The Labute approximate surface area is 176 Å². The quantitative estimate of drug-likeness (QED) is 0.488. The summed E-state index contributed by atoms with van der Waals surface area (Å²) in [7, 11) is 0.644. The van der Waals surface area contributed by atoms with Crippen molar-refractivity contribution in [1.82, 2.24) is 19.5 Å². The van der Waals surface area contributed by atoms with Crippen LogP contribution in [0.3, 0.4) is 0 Å². The zero-order valence-electron chi connectivity index (χ0n) is 17.4. The van der Waals surface area contributed by atoms with E-state index in [1.165, 1.54) is 12.5 Å². The SMILES string of the molecule is CCc1cc(-c2cncc(S(C)(=O)=O)c2)ccc1N(C)c1cc2c(cn1)ncn2C. The molecule has 0 aliphatic rings. The predicted molar refractivity (Wildman–Crippen MR) is 119 cm³/mol. The number of fused-ring (bicyclic) bond motifs is 1. The van der Waals surface area contributed by atoms with Crippen molar-refractivity contribution in [2.45, 2.75) is 18.2 Å². The van der Waals surface area contributed by atoms with Crippen molar-refractivity contribution in [1.29, 1.82) is 0 Å². The van der Waals surface area contributed by atoms with Gasteiger partial charge in [0.25, 0.3) is 0 Å². The maximum Gasteiger partial charge on any atom is 0.177 e. The average molecular weight is 422 g/mol. The molecule has 0 N–H and O–H groups in total. The Morgan fingerprint density at radius 1 is 1.03 bits per heavy atom. The number of imidazole rings is 1. The molecule has 154 valence electrons. The second kappa shape index (κ2) is 7.53. The van der Waals surface area contributed by atoms with Crippen LogP contribution in [0.25, 0.3) is 22.2 Å². The van der Waals surface area contributed by atoms with Gasteiger partial charge < -0.3 is 9.47 Å². The fraction of sp³-hybridized carbons (Fsp3) is 0.227. The topological polar surface area (TPSA) is 81.0 Å². The van der Waals surface area contributed by atoms with E-state index in [4.69, 9.17) is 0 Å². The summed E-state index contributed by atoms with van der Waals surface area (Å²) in [5, 5.41) is 0. The first kappa shape index (κ1) is 20.0. The van der Waals surface area contributed by atoms with Crippen molar-refractivity contribution in [3.05, 3.63) is 60.8 Å². The van der Waals surface area contributed by atoms with Crippen LogP contribution in [-0.4, -0.2) is 41.2 Å². The van der Waals surface area contributed by atoms with Gasteiger partial charge in [0.05, 0.1) is 22.9 Å². The first-order chi connectivity index (χ1) is 14.3. The molecule has 8 heteroatoms. The molecule has 0 aliphatic carbocycles. The van der Waals surface area contributed by atoms with Gasteiger partial charge in [-0.2, -0.15) is 0 Å². The van der Waals surface area contributed by atoms with Crippen LogP contribution in [0, 0.1) is 0 Å². The molecule has 4 aromatic rings. The molecule has 4 rings (SSSR count). The van der Waals surface area contributed by atoms with E-state index < -0.39 is 9.84 Å². The van der Waals surface area contributed by atoms with Crippen molar-refractivity contribution < 1.29 is 8.42 Å². The second-order valence-electron chi connectivity index (χ2n) is 7.32. The van der Waals surface area contributed by atoms with E-state index in [-0.39, 0.29) is 4.90 Å². The number of benzene rings is 1. The van der Waals surface area contributed by atoms with E-state index in [2.05, 4.69) is 32.8 Å². The lowest BCUT2D eigenvalue weighted by Gasteiger charge is -2.22. The number of aromatic nitrogens is 4. The third-order valence-corrected chi connectivity index (χ3v) is 6.32. The zero-order chi connectivity index (χ0) is 21.5. The number of rotatable bonds is 5. The van der Waals surface area contributed by atoms with E-state index in [0.29, 0.717) is 0 Å². The number of hydrogen-bond donors (Lipinski definition) is 0. The highest BCUT2D eigenvalue weighted by atomic mass is 32.2. The fourth-order valence-electron chi connectivity index (χ4n) is 3.48. The lowest BCUT2D eigenvalue weighted by atomic mass is 10.0. The van der Waals surface area contributed by atoms with Gasteiger partial charge in [-0.05, 0) is 35.7 Å². The molecule has 0 saturated carbocycles. The maximum atomic E-state index is 11.9. The van der Waals surface area contributed by atoms with Gasteiger partial charge in [0.2, 0.25) is 0 Å². The van der Waals surface area contributed by atoms with Crippen LogP contribution in [0.15, 0.2) is 60.1 Å². The minimum absolute atomic E-state index is 0.216. The molecule has 1 aromatic carbocycles. The highest BCUT2D eigenvalue weighted by Gasteiger charge is 2.14. The van der Waals surface area contributed by atoms with E-state index >= 15 is 0 Å². The summed E-state index contributed by atoms with van der Waals surface area (Å²) < 4.78 is 25.7. The number of aryl methyl sites for hydroxylation is 2. The minimum atomic E-state index is -3.31. The van der Waals surface area contributed by atoms with Crippen LogP contribution < -0.4 is 4.90 Å². The summed E-state index contributed by atoms with van der Waals surface area (Å²) >= 11 is 0. The van der Waals surface area contributed by atoms with Gasteiger partial charge in [0.1, 0.15) is 11.3 Å². The Kier molecular flexibility index (Phi) is 5.03. The predicted octanol–water partition coefficient (Wildman–Crippen LogP) is 3.76. The Morgan fingerprint density at radius 3 is 2.57 bits per heavy atom. The molecule has 0 aliphatic heterocycles. The van der Waals surface area contributed by atoms with Crippen LogP contribution in [0.2, 0.25) is 0 Å². The number of hydrogen-bond acceptors (Lipinski definition) is 6. The fourth-order valence-corrected chi connectivity index (χ4v) is 4.08. The zero-order valence-corrected chi connectivity index (χ0v) is 18.2. The monoisotopic (exact) mass is 421 g/mol. The Morgan fingerprint density at radius 2 is 1.83 bits per heavy atom. The first-order valence-electron chi connectivity index (χ1n) is 9.57. The first-order valence-corrected chi connectivity index (χ1v) is 11.5. The minimum Gasteiger partial charge on any atom is -0.334 e. The second-order valence-corrected chi connectivity index (χ2v) is 9.34. The number of nitrogens with zero attached hydrogens (tertiary/aromatic N) is 5. The summed E-state index contributed by atoms with van der Waals surface area (Å²) in [5.41, 5.74) is 5.76. The van der Waals surface area contributed by atoms with E-state index in [1.807, 2.05) is 36.9 Å². The Balaban J connectivity index is 1.74. The van der Waals surface area contributed by atoms with Gasteiger partial charge >= 0.3 is 0 Å². The molecule has 0 radical (unpaired) electrons. The molecule has 0 spiro atoms. The highest BCUT2D eigenvalue weighted by Crippen LogP contribution is 2.32. The molecule has 3 aromatic heterocycles. The van der Waals surface area contributed by atoms with Crippen molar-refractivity contribution in [2.24, 2.45) is 7.05 Å². The third-order valence-electron chi connectivity index (χ3n) is 5.24. The molecular weight excluding hydrogens is 398 g/mol. The Hall–Kier alpha value is -3.26. The third kappa shape index (κ3) is 3.66. The summed E-state index contributed by atoms with van der Waals surface area (Å²) in [4.78, 5) is 15.3. The average Bonchev–Trinajstić information content (AvgIpc) is 3.12. The standard InChI is InChI=1S/C22H23N5O2S/c1-5-15-8-16(17-9-18(12-23-11-17)30(4,28)29)6-7-20(15)27(3)22-10-21-19(13-24-22)25-14-26(21)2/h6-14H,5H2,1-4H3. The van der Waals surface area contributed by atoms with Crippen LogP contribution in [0.5, 0.6) is 0 Å². The van der Waals surface area contributed by atoms with E-state index in [9.17, 15) is 8.42 Å². The summed E-state index contributed by atoms with van der Waals surface area (Å²) in [6.07, 6.45) is 8.63. The van der Waals surface area contributed by atoms with Crippen molar-refractivity contribution >= 4 is 32.4 Å². The van der Waals surface area contributed by atoms with Crippen LogP contribution in [0.4, 0.5) is 11.5 Å². The molecule has 3 heterocycles. The Bertz CT molecular complexity index is 1340. The van der Waals surface area contributed by atoms with E-state index in [1.54, 1.807) is 24.8 Å². The van der Waals surface area contributed by atoms with Crippen molar-refractivity contribution in [3.63, 3.8) is 0 Å². The maximum absolute atomic E-state index is 11.9. The van der Waals surface area contributed by atoms with Crippen LogP contribution >= 0.6 is 0 Å². The van der Waals surface area contributed by atoms with Crippen molar-refractivity contribution in [3.8, 4) is 11.1 Å². The largest absolute Gasteiger partial charge is 0.334 e. The summed E-state index contributed by atoms with van der Waals surface area (Å²) in [6, 6.07) is 9.79. The lowest BCUT2D eigenvalue weighted by Crippen LogP contribution is -2.13. The van der Waals surface area contributed by atoms with E-state index in [0.717, 1.165) is 45.6 Å². The molecule has 0 bridgehead atoms. The molecular formula is C22H23N5O2S. The van der Waals surface area contributed by atoms with Gasteiger partial charge in [0.15, 0.2) is 9.84 Å². The van der Waals surface area contributed by atoms with Gasteiger partial charge in [-0.1, -0.05) is 13.0 Å². The molecule has 0 saturated heterocycles. The smallest absolute Gasteiger partial charge is 0.177 e. The lowest BCUT2D eigenvalue weighted by molar-refractivity contribution is 0.601. The molecule has 0 unspecified atom stereocenters. The van der Waals surface area contributed by atoms with Gasteiger partial charge in [-0.3, -0.25) is 4.98 Å². The molecule has 0 atom stereocenters. The molecule has 0 fully saturated rings. The van der Waals surface area contributed by atoms with Gasteiger partial charge in [-0.25, -0.2) is 18.4 Å². The molecule has 30 heavy (non-hydrogen) atoms. The number of pyridine rings is 2. The van der Waals surface area contributed by atoms with Crippen LogP contribution in [-0.2, 0) is 23.3 Å². The molecule has 7 nitrogen and oxygen atoms in total. The highest BCUT2D eigenvalue weighted by molar-refractivity contribution is 7.90. The van der Waals surface area contributed by atoms with Crippen molar-refractivity contribution in [2.75, 3.05) is 18.2 Å². The summed E-state index contributed by atoms with van der Waals surface area (Å²) in [5.74, 6) is 0.828.